The van der Waals surface area contributed by atoms with Crippen molar-refractivity contribution in [2.45, 2.75) is 200 Å². The van der Waals surface area contributed by atoms with E-state index in [1.807, 2.05) is 65.0 Å². The van der Waals surface area contributed by atoms with Crippen LogP contribution in [0.5, 0.6) is 0 Å². The zero-order chi connectivity index (χ0) is 51.9. The van der Waals surface area contributed by atoms with Gasteiger partial charge in [-0.05, 0) is 113 Å². The minimum atomic E-state index is -2.44. The van der Waals surface area contributed by atoms with E-state index in [-0.39, 0.29) is 67.7 Å². The van der Waals surface area contributed by atoms with E-state index >= 15 is 0 Å². The van der Waals surface area contributed by atoms with Gasteiger partial charge in [-0.2, -0.15) is 0 Å². The van der Waals surface area contributed by atoms with E-state index in [0.717, 1.165) is 12.0 Å². The molecule has 0 aromatic rings. The number of aliphatic hydroxyl groups excluding tert-OH is 2. The third-order valence-electron chi connectivity index (χ3n) is 15.5. The van der Waals surface area contributed by atoms with Gasteiger partial charge < -0.3 is 48.6 Å². The zero-order valence-corrected chi connectivity index (χ0v) is 44.0. The first kappa shape index (κ1) is 59.2. The maximum atomic E-state index is 14.6. The number of carbonyl (C=O) groups excluding carboxylic acids is 5. The average molecular weight is 986 g/mol. The van der Waals surface area contributed by atoms with Crippen LogP contribution in [0.1, 0.15) is 139 Å². The van der Waals surface area contributed by atoms with Crippen molar-refractivity contribution in [1.29, 1.82) is 0 Å². The second kappa shape index (κ2) is 28.2. The van der Waals surface area contributed by atoms with Crippen LogP contribution in [0.3, 0.4) is 0 Å². The topological polar surface area (TPSA) is 205 Å². The van der Waals surface area contributed by atoms with Crippen molar-refractivity contribution < 1.29 is 67.7 Å². The van der Waals surface area contributed by atoms with Gasteiger partial charge in [-0.1, -0.05) is 78.0 Å². The molecule has 2 bridgehead atoms. The highest BCUT2D eigenvalue weighted by atomic mass is 16.6. The van der Waals surface area contributed by atoms with Crippen LogP contribution in [-0.4, -0.2) is 145 Å². The summed E-state index contributed by atoms with van der Waals surface area (Å²) in [4.78, 5) is 72.6. The highest BCUT2D eigenvalue weighted by molar-refractivity contribution is 6.39. The number of piperidine rings is 1. The molecule has 70 heavy (non-hydrogen) atoms. The van der Waals surface area contributed by atoms with Crippen LogP contribution < -0.4 is 0 Å². The standard InChI is InChI=1S/C55H87NO14/c1-12-41(32-57)68-46-24-23-42(65-9)29-40(46)28-36(5)48-31-45(58)35(4)27-38(7)50(60)51(67-11)49(59)37(6)26-33(2)18-14-13-15-19-34(3)47(66-10)30-43-22-21-39(8)55(64,70-43)52(61)53(62)56-25-17-16-20-44(56)54(63)69-48/h13-15,18-19,27,33,35-37,39-44,46-48,50-51,57,60,64H,12,16-17,20-26,28-32H2,1-11H3/b15-13+,18-14+,34-19+,38-27+/t33-,35-,36-,37+,39-,40+,41?,42+,43+,44?,46?,47+,48+,50-,51+,55-/m1/s1. The first-order valence-electron chi connectivity index (χ1n) is 26.0. The number of methoxy groups -OCH3 is 3. The summed E-state index contributed by atoms with van der Waals surface area (Å²) in [6.45, 7) is 14.6. The molecule has 3 fully saturated rings. The summed E-state index contributed by atoms with van der Waals surface area (Å²) in [5, 5.41) is 33.6. The number of Topliss-reactive ketones (excluding diaryl/α,β-unsaturated/α-hetero) is 3. The monoisotopic (exact) mass is 986 g/mol. The predicted molar refractivity (Wildman–Crippen MR) is 265 cm³/mol. The summed E-state index contributed by atoms with van der Waals surface area (Å²) in [5.41, 5.74) is 1.25. The lowest BCUT2D eigenvalue weighted by Gasteiger charge is -2.43. The Hall–Kier alpha value is -3.41. The number of hydrogen-bond donors (Lipinski definition) is 3. The number of aliphatic hydroxyl groups is 3. The fraction of sp³-hybridized carbons (Fsp3) is 0.764. The molecular formula is C55H87NO14. The third kappa shape index (κ3) is 15.8. The van der Waals surface area contributed by atoms with Crippen molar-refractivity contribution in [1.82, 2.24) is 4.90 Å². The molecule has 1 saturated carbocycles. The Morgan fingerprint density at radius 3 is 2.26 bits per heavy atom. The number of carbonyl (C=O) groups is 5. The second-order valence-electron chi connectivity index (χ2n) is 20.9. The maximum absolute atomic E-state index is 14.6. The number of hydrogen-bond acceptors (Lipinski definition) is 14. The molecule has 0 aromatic carbocycles. The van der Waals surface area contributed by atoms with Crippen molar-refractivity contribution in [3.63, 3.8) is 0 Å². The number of allylic oxidation sites excluding steroid dienone is 6. The fourth-order valence-electron chi connectivity index (χ4n) is 10.8. The maximum Gasteiger partial charge on any atom is 0.329 e. The molecule has 2 saturated heterocycles. The Labute approximate surface area is 417 Å². The quantitative estimate of drug-likeness (QED) is 0.115. The minimum absolute atomic E-state index is 0.0106. The molecule has 15 heteroatoms. The molecular weight excluding hydrogens is 899 g/mol. The Morgan fingerprint density at radius 2 is 1.60 bits per heavy atom. The summed E-state index contributed by atoms with van der Waals surface area (Å²) in [6, 6.07) is -1.17. The Kier molecular flexibility index (Phi) is 23.8. The molecule has 3 N–H and O–H groups in total. The molecule has 1 aliphatic carbocycles. The Balaban J connectivity index is 1.74. The number of ketones is 3. The van der Waals surface area contributed by atoms with E-state index < -0.39 is 83.7 Å². The highest BCUT2D eigenvalue weighted by Crippen LogP contribution is 2.38. The lowest BCUT2D eigenvalue weighted by molar-refractivity contribution is -0.265. The van der Waals surface area contributed by atoms with Gasteiger partial charge in [0.1, 0.15) is 30.1 Å². The van der Waals surface area contributed by atoms with E-state index in [9.17, 15) is 39.3 Å². The van der Waals surface area contributed by atoms with Crippen LogP contribution in [-0.2, 0) is 52.4 Å². The predicted octanol–water partition coefficient (Wildman–Crippen LogP) is 6.98. The van der Waals surface area contributed by atoms with Crippen molar-refractivity contribution in [3.05, 3.63) is 47.6 Å². The molecule has 396 valence electrons. The first-order valence-corrected chi connectivity index (χ1v) is 26.0. The fourth-order valence-corrected chi connectivity index (χ4v) is 10.8. The summed E-state index contributed by atoms with van der Waals surface area (Å²) in [7, 11) is 4.63. The van der Waals surface area contributed by atoms with Gasteiger partial charge in [0.15, 0.2) is 5.78 Å². The van der Waals surface area contributed by atoms with E-state index in [2.05, 4.69) is 0 Å². The van der Waals surface area contributed by atoms with Crippen molar-refractivity contribution in [3.8, 4) is 0 Å². The van der Waals surface area contributed by atoms with Crippen LogP contribution in [0, 0.1) is 35.5 Å². The number of cyclic esters (lactones) is 1. The molecule has 0 radical (unpaired) electrons. The largest absolute Gasteiger partial charge is 0.460 e. The van der Waals surface area contributed by atoms with Crippen molar-refractivity contribution >= 4 is 29.2 Å². The SMILES string of the molecule is CCC(CO)OC1CC[C@H](OC)C[C@@H]1C[C@@H](C)[C@@H]1CC(=O)[C@H](C)/C=C(\C)[C@@H](O)[C@@H](OC)C(=O)[C@@H](C)C[C@H](C)/C=C/C=C/C=C(\C)[C@@H](OC)C[C@@H]2CC[C@@H](C)[C@@](O)(O2)C(=O)C(=O)N2CCCCC2C(=O)O1. The highest BCUT2D eigenvalue weighted by Gasteiger charge is 2.53. The molecule has 3 unspecified atom stereocenters. The van der Waals surface area contributed by atoms with Gasteiger partial charge in [0, 0.05) is 58.5 Å². The van der Waals surface area contributed by atoms with Crippen LogP contribution in [0.25, 0.3) is 0 Å². The Morgan fingerprint density at radius 1 is 0.871 bits per heavy atom. The summed E-state index contributed by atoms with van der Waals surface area (Å²) in [5.74, 6) is -8.35. The molecule has 1 amide bonds. The normalized spacial score (nSPS) is 38.9. The molecule has 16 atom stereocenters. The molecule has 0 aromatic heterocycles. The molecule has 15 nitrogen and oxygen atoms in total. The molecule has 4 aliphatic rings. The van der Waals surface area contributed by atoms with E-state index in [0.29, 0.717) is 69.8 Å². The number of amides is 1. The minimum Gasteiger partial charge on any atom is -0.460 e. The molecule has 0 spiro atoms. The zero-order valence-electron chi connectivity index (χ0n) is 44.0. The number of nitrogens with zero attached hydrogens (tertiary/aromatic N) is 1. The molecule has 3 aliphatic heterocycles. The van der Waals surface area contributed by atoms with E-state index in [4.69, 9.17) is 28.4 Å². The van der Waals surface area contributed by atoms with E-state index in [1.165, 1.54) is 12.0 Å². The van der Waals surface area contributed by atoms with Crippen LogP contribution in [0.4, 0.5) is 0 Å². The summed E-state index contributed by atoms with van der Waals surface area (Å²) < 4.78 is 36.2. The van der Waals surface area contributed by atoms with Gasteiger partial charge in [0.05, 0.1) is 37.1 Å². The van der Waals surface area contributed by atoms with Crippen LogP contribution in [0.2, 0.25) is 0 Å². The number of ether oxygens (including phenoxy) is 6. The average Bonchev–Trinajstić information content (AvgIpc) is 3.34. The van der Waals surface area contributed by atoms with Gasteiger partial charge in [-0.25, -0.2) is 4.79 Å². The first-order chi connectivity index (χ1) is 33.2. The van der Waals surface area contributed by atoms with Crippen molar-refractivity contribution in [2.75, 3.05) is 34.5 Å². The summed E-state index contributed by atoms with van der Waals surface area (Å²) >= 11 is 0. The second-order valence-corrected chi connectivity index (χ2v) is 20.9. The van der Waals surface area contributed by atoms with Gasteiger partial charge >= 0.3 is 5.97 Å². The van der Waals surface area contributed by atoms with Gasteiger partial charge in [0.2, 0.25) is 5.79 Å². The Bertz CT molecular complexity index is 1860. The third-order valence-corrected chi connectivity index (χ3v) is 15.5. The van der Waals surface area contributed by atoms with Crippen LogP contribution >= 0.6 is 0 Å². The smallest absolute Gasteiger partial charge is 0.329 e. The van der Waals surface area contributed by atoms with E-state index in [1.54, 1.807) is 41.1 Å². The van der Waals surface area contributed by atoms with Gasteiger partial charge in [-0.15, -0.1) is 0 Å². The summed E-state index contributed by atoms with van der Waals surface area (Å²) in [6.07, 6.45) is 12.1. The number of fused-ring (bicyclic) bond motifs is 3. The van der Waals surface area contributed by atoms with Gasteiger partial charge in [0.25, 0.3) is 11.7 Å². The van der Waals surface area contributed by atoms with Crippen LogP contribution in [0.15, 0.2) is 47.6 Å². The number of esters is 1. The molecule has 3 heterocycles. The lowest BCUT2D eigenvalue weighted by atomic mass is 9.77. The van der Waals surface area contributed by atoms with Gasteiger partial charge in [-0.3, -0.25) is 19.2 Å². The molecule has 4 rings (SSSR count). The number of rotatable bonds is 10. The van der Waals surface area contributed by atoms with Crippen molar-refractivity contribution in [2.24, 2.45) is 35.5 Å². The lowest BCUT2D eigenvalue weighted by Crippen LogP contribution is -2.61.